The molecule has 1 aromatic heterocycles. The number of esters is 1. The Morgan fingerprint density at radius 2 is 2.18 bits per heavy atom. The van der Waals surface area contributed by atoms with Crippen molar-refractivity contribution >= 4 is 5.97 Å². The van der Waals surface area contributed by atoms with Crippen molar-refractivity contribution in [1.29, 1.82) is 0 Å². The van der Waals surface area contributed by atoms with Crippen LogP contribution in [0.15, 0.2) is 24.3 Å². The highest BCUT2D eigenvalue weighted by molar-refractivity contribution is 5.90. The van der Waals surface area contributed by atoms with Crippen molar-refractivity contribution in [3.05, 3.63) is 41.2 Å². The van der Waals surface area contributed by atoms with Gasteiger partial charge in [-0.05, 0) is 30.5 Å². The van der Waals surface area contributed by atoms with Crippen molar-refractivity contribution in [2.24, 2.45) is 0 Å². The van der Waals surface area contributed by atoms with E-state index in [1.165, 1.54) is 0 Å². The van der Waals surface area contributed by atoms with E-state index in [0.29, 0.717) is 17.9 Å². The summed E-state index contributed by atoms with van der Waals surface area (Å²) in [5.41, 5.74) is 2.58. The van der Waals surface area contributed by atoms with Gasteiger partial charge in [0, 0.05) is 0 Å². The second-order valence-electron chi connectivity index (χ2n) is 5.33. The highest BCUT2D eigenvalue weighted by Crippen LogP contribution is 2.22. The molecule has 0 aliphatic heterocycles. The van der Waals surface area contributed by atoms with Crippen LogP contribution in [0, 0.1) is 0 Å². The quantitative estimate of drug-likeness (QED) is 0.829. The minimum absolute atomic E-state index is 0.146. The number of carbonyl (C=O) groups excluding carboxylic acids is 1. The lowest BCUT2D eigenvalue weighted by molar-refractivity contribution is 0.0505. The molecule has 1 heterocycles. The molecule has 0 fully saturated rings. The number of benzene rings is 1. The molecule has 2 rings (SSSR count). The average Bonchev–Trinajstić information content (AvgIpc) is 2.97. The van der Waals surface area contributed by atoms with Crippen LogP contribution in [-0.4, -0.2) is 32.7 Å². The molecule has 22 heavy (non-hydrogen) atoms. The second kappa shape index (κ2) is 7.17. The van der Waals surface area contributed by atoms with E-state index in [1.807, 2.05) is 26.8 Å². The van der Waals surface area contributed by atoms with E-state index < -0.39 is 0 Å². The Bertz CT molecular complexity index is 650. The lowest BCUT2D eigenvalue weighted by Crippen LogP contribution is -2.09. The predicted molar refractivity (Wildman–Crippen MR) is 81.9 cm³/mol. The second-order valence-corrected chi connectivity index (χ2v) is 5.33. The van der Waals surface area contributed by atoms with Crippen molar-refractivity contribution in [2.75, 3.05) is 6.61 Å². The Morgan fingerprint density at radius 1 is 1.41 bits per heavy atom. The third-order valence-corrected chi connectivity index (χ3v) is 3.24. The van der Waals surface area contributed by atoms with Crippen LogP contribution in [-0.2, 0) is 11.3 Å². The van der Waals surface area contributed by atoms with Gasteiger partial charge < -0.3 is 9.84 Å². The van der Waals surface area contributed by atoms with Gasteiger partial charge in [-0.2, -0.15) is 0 Å². The minimum Gasteiger partial charge on any atom is -0.462 e. The number of hydrogen-bond acceptors (Lipinski definition) is 5. The fraction of sp³-hybridized carbons (Fsp3) is 0.438. The van der Waals surface area contributed by atoms with Crippen molar-refractivity contribution < 1.29 is 14.6 Å². The number of nitrogens with zero attached hydrogens (tertiary/aromatic N) is 3. The summed E-state index contributed by atoms with van der Waals surface area (Å²) < 4.78 is 6.81. The number of aliphatic hydroxyl groups is 1. The Labute approximate surface area is 129 Å². The average molecular weight is 303 g/mol. The zero-order valence-electron chi connectivity index (χ0n) is 13.1. The molecule has 0 bridgehead atoms. The van der Waals surface area contributed by atoms with Crippen LogP contribution in [0.1, 0.15) is 54.9 Å². The Balaban J connectivity index is 2.38. The van der Waals surface area contributed by atoms with Crippen molar-refractivity contribution in [3.63, 3.8) is 0 Å². The van der Waals surface area contributed by atoms with Crippen LogP contribution in [0.3, 0.4) is 0 Å². The van der Waals surface area contributed by atoms with E-state index in [1.54, 1.807) is 22.9 Å². The molecule has 1 aromatic carbocycles. The van der Waals surface area contributed by atoms with E-state index in [-0.39, 0.29) is 18.5 Å². The molecule has 2 aromatic rings. The van der Waals surface area contributed by atoms with Gasteiger partial charge in [0.2, 0.25) is 0 Å². The fourth-order valence-electron chi connectivity index (χ4n) is 2.24. The third-order valence-electron chi connectivity index (χ3n) is 3.24. The molecule has 6 heteroatoms. The van der Waals surface area contributed by atoms with Gasteiger partial charge in [0.25, 0.3) is 0 Å². The highest BCUT2D eigenvalue weighted by Gasteiger charge is 2.17. The molecule has 0 aliphatic rings. The monoisotopic (exact) mass is 303 g/mol. The maximum atomic E-state index is 12.0. The maximum absolute atomic E-state index is 12.0. The van der Waals surface area contributed by atoms with Crippen molar-refractivity contribution in [1.82, 2.24) is 15.0 Å². The van der Waals surface area contributed by atoms with Crippen molar-refractivity contribution in [3.8, 4) is 5.69 Å². The van der Waals surface area contributed by atoms with Gasteiger partial charge in [0.15, 0.2) is 0 Å². The van der Waals surface area contributed by atoms with Gasteiger partial charge >= 0.3 is 5.97 Å². The number of aliphatic hydroxyl groups excluding tert-OH is 1. The van der Waals surface area contributed by atoms with Crippen LogP contribution < -0.4 is 0 Å². The third kappa shape index (κ3) is 3.33. The van der Waals surface area contributed by atoms with Gasteiger partial charge in [-0.3, -0.25) is 0 Å². The van der Waals surface area contributed by atoms with Gasteiger partial charge in [-0.15, -0.1) is 5.10 Å². The normalized spacial score (nSPS) is 11.0. The summed E-state index contributed by atoms with van der Waals surface area (Å²) in [4.78, 5) is 12.0. The molecule has 0 spiro atoms. The van der Waals surface area contributed by atoms with Gasteiger partial charge in [-0.25, -0.2) is 9.48 Å². The van der Waals surface area contributed by atoms with Gasteiger partial charge in [0.05, 0.1) is 30.2 Å². The smallest absolute Gasteiger partial charge is 0.338 e. The standard InChI is InChI=1S/C16H21N3O3/c1-4-8-22-16(21)12-6-5-7-13(9-12)19-15(11(2)3)14(10-20)17-18-19/h5-7,9,11,20H,4,8,10H2,1-3H3. The zero-order valence-corrected chi connectivity index (χ0v) is 13.1. The van der Waals surface area contributed by atoms with Gasteiger partial charge in [0.1, 0.15) is 5.69 Å². The van der Waals surface area contributed by atoms with E-state index in [0.717, 1.165) is 17.8 Å². The van der Waals surface area contributed by atoms with E-state index in [9.17, 15) is 9.90 Å². The fourth-order valence-corrected chi connectivity index (χ4v) is 2.24. The first-order valence-corrected chi connectivity index (χ1v) is 7.41. The molecule has 0 radical (unpaired) electrons. The number of hydrogen-bond donors (Lipinski definition) is 1. The summed E-state index contributed by atoms with van der Waals surface area (Å²) >= 11 is 0. The highest BCUT2D eigenvalue weighted by atomic mass is 16.5. The molecular weight excluding hydrogens is 282 g/mol. The lowest BCUT2D eigenvalue weighted by Gasteiger charge is -2.11. The summed E-state index contributed by atoms with van der Waals surface area (Å²) in [6, 6.07) is 7.06. The molecule has 118 valence electrons. The predicted octanol–water partition coefficient (Wildman–Crippen LogP) is 2.45. The number of rotatable bonds is 6. The molecule has 0 saturated heterocycles. The molecule has 0 amide bonds. The van der Waals surface area contributed by atoms with E-state index >= 15 is 0 Å². The number of aromatic nitrogens is 3. The van der Waals surface area contributed by atoms with Crippen LogP contribution >= 0.6 is 0 Å². The first-order chi connectivity index (χ1) is 10.6. The number of carbonyl (C=O) groups is 1. The first kappa shape index (κ1) is 16.2. The Kier molecular flexibility index (Phi) is 5.27. The SMILES string of the molecule is CCCOC(=O)c1cccc(-n2nnc(CO)c2C(C)C)c1. The van der Waals surface area contributed by atoms with Gasteiger partial charge in [-0.1, -0.05) is 32.1 Å². The number of ether oxygens (including phenoxy) is 1. The molecular formula is C16H21N3O3. The Morgan fingerprint density at radius 3 is 2.82 bits per heavy atom. The van der Waals surface area contributed by atoms with Crippen LogP contribution in [0.4, 0.5) is 0 Å². The van der Waals surface area contributed by atoms with Crippen LogP contribution in [0.2, 0.25) is 0 Å². The van der Waals surface area contributed by atoms with E-state index in [4.69, 9.17) is 4.74 Å². The summed E-state index contributed by atoms with van der Waals surface area (Å²) in [7, 11) is 0. The summed E-state index contributed by atoms with van der Waals surface area (Å²) in [5, 5.41) is 17.5. The minimum atomic E-state index is -0.350. The van der Waals surface area contributed by atoms with Crippen LogP contribution in [0.25, 0.3) is 5.69 Å². The summed E-state index contributed by atoms with van der Waals surface area (Å²) in [6.45, 7) is 6.20. The molecule has 0 saturated carbocycles. The summed E-state index contributed by atoms with van der Waals surface area (Å²) in [6.07, 6.45) is 0.784. The first-order valence-electron chi connectivity index (χ1n) is 7.41. The Hall–Kier alpha value is -2.21. The van der Waals surface area contributed by atoms with E-state index in [2.05, 4.69) is 10.3 Å². The molecule has 0 aliphatic carbocycles. The van der Waals surface area contributed by atoms with Crippen LogP contribution in [0.5, 0.6) is 0 Å². The largest absolute Gasteiger partial charge is 0.462 e. The summed E-state index contributed by atoms with van der Waals surface area (Å²) in [5.74, 6) is -0.204. The molecule has 1 N–H and O–H groups in total. The van der Waals surface area contributed by atoms with Crippen molar-refractivity contribution in [2.45, 2.75) is 39.7 Å². The molecule has 6 nitrogen and oxygen atoms in total. The zero-order chi connectivity index (χ0) is 16.1. The lowest BCUT2D eigenvalue weighted by atomic mass is 10.1. The topological polar surface area (TPSA) is 77.2 Å². The molecule has 0 atom stereocenters. The molecule has 0 unspecified atom stereocenters. The maximum Gasteiger partial charge on any atom is 0.338 e.